The molecule has 1 aliphatic rings. The summed E-state index contributed by atoms with van der Waals surface area (Å²) < 4.78 is 11.1. The van der Waals surface area contributed by atoms with Gasteiger partial charge in [-0.2, -0.15) is 0 Å². The second-order valence-electron chi connectivity index (χ2n) is 7.19. The van der Waals surface area contributed by atoms with Crippen molar-refractivity contribution in [2.45, 2.75) is 13.5 Å². The number of phenolic OH excluding ortho intramolecular Hbond substituents is 1. The molecule has 1 N–H and O–H groups in total. The average Bonchev–Trinajstić information content (AvgIpc) is 3.24. The zero-order chi connectivity index (χ0) is 20.9. The van der Waals surface area contributed by atoms with Gasteiger partial charge >= 0.3 is 0 Å². The summed E-state index contributed by atoms with van der Waals surface area (Å²) in [4.78, 5) is 9.50. The summed E-state index contributed by atoms with van der Waals surface area (Å²) in [7, 11) is 1.66. The highest BCUT2D eigenvalue weighted by molar-refractivity contribution is 7.13. The molecule has 30 heavy (non-hydrogen) atoms. The van der Waals surface area contributed by atoms with Gasteiger partial charge in [0.05, 0.1) is 25.1 Å². The van der Waals surface area contributed by atoms with E-state index in [-0.39, 0.29) is 0 Å². The summed E-state index contributed by atoms with van der Waals surface area (Å²) in [5.41, 5.74) is 3.03. The maximum Gasteiger partial charge on any atom is 0.161 e. The number of para-hydroxylation sites is 2. The molecule has 1 aromatic heterocycles. The van der Waals surface area contributed by atoms with Crippen LogP contribution in [0.1, 0.15) is 12.6 Å². The van der Waals surface area contributed by atoms with Crippen LogP contribution in [-0.2, 0) is 6.54 Å². The van der Waals surface area contributed by atoms with Gasteiger partial charge in [-0.05, 0) is 37.3 Å². The van der Waals surface area contributed by atoms with E-state index in [4.69, 9.17) is 14.5 Å². The molecule has 158 valence electrons. The van der Waals surface area contributed by atoms with Crippen molar-refractivity contribution in [3.05, 3.63) is 53.5 Å². The van der Waals surface area contributed by atoms with Gasteiger partial charge in [0.2, 0.25) is 0 Å². The maximum absolute atomic E-state index is 10.1. The minimum Gasteiger partial charge on any atom is -0.506 e. The van der Waals surface area contributed by atoms with Gasteiger partial charge in [0.1, 0.15) is 10.8 Å². The zero-order valence-electron chi connectivity index (χ0n) is 17.4. The van der Waals surface area contributed by atoms with Crippen LogP contribution in [0, 0.1) is 0 Å². The highest BCUT2D eigenvalue weighted by Crippen LogP contribution is 2.34. The number of anilines is 1. The molecule has 0 amide bonds. The van der Waals surface area contributed by atoms with Gasteiger partial charge in [0.25, 0.3) is 0 Å². The number of nitrogens with zero attached hydrogens (tertiary/aromatic N) is 3. The number of rotatable bonds is 7. The minimum absolute atomic E-state index is 0.348. The zero-order valence-corrected chi connectivity index (χ0v) is 18.2. The van der Waals surface area contributed by atoms with E-state index < -0.39 is 0 Å². The highest BCUT2D eigenvalue weighted by Gasteiger charge is 2.20. The number of hydrogen-bond donors (Lipinski definition) is 1. The molecule has 4 rings (SSSR count). The summed E-state index contributed by atoms with van der Waals surface area (Å²) in [6.07, 6.45) is 0. The van der Waals surface area contributed by atoms with Crippen molar-refractivity contribution in [1.82, 2.24) is 9.88 Å². The quantitative estimate of drug-likeness (QED) is 0.611. The highest BCUT2D eigenvalue weighted by atomic mass is 32.1. The normalized spacial score (nSPS) is 14.7. The predicted octanol–water partition coefficient (Wildman–Crippen LogP) is 4.25. The van der Waals surface area contributed by atoms with Crippen molar-refractivity contribution < 1.29 is 14.6 Å². The van der Waals surface area contributed by atoms with Crippen LogP contribution < -0.4 is 14.4 Å². The molecule has 7 heteroatoms. The molecule has 1 aliphatic heterocycles. The van der Waals surface area contributed by atoms with Crippen LogP contribution in [0.5, 0.6) is 17.2 Å². The molecule has 3 aromatic rings. The van der Waals surface area contributed by atoms with Crippen LogP contribution >= 0.6 is 11.3 Å². The van der Waals surface area contributed by atoms with Gasteiger partial charge in [-0.1, -0.05) is 12.1 Å². The molecule has 2 heterocycles. The Morgan fingerprint density at radius 3 is 2.60 bits per heavy atom. The monoisotopic (exact) mass is 425 g/mol. The fourth-order valence-corrected chi connectivity index (χ4v) is 4.50. The standard InChI is InChI=1S/C23H27N3O3S/c1-3-29-21-9-8-17(14-22(21)28-2)23-24-18(16-30-23)15-25-10-12-26(13-11-25)19-6-4-5-7-20(19)27/h4-9,14,16,27H,3,10-13,15H2,1-2H3. The van der Waals surface area contributed by atoms with E-state index in [0.717, 1.165) is 66.2 Å². The Balaban J connectivity index is 1.38. The fourth-order valence-electron chi connectivity index (χ4n) is 3.70. The Bertz CT molecular complexity index is 983. The molecule has 1 fully saturated rings. The number of ether oxygens (including phenoxy) is 2. The van der Waals surface area contributed by atoms with Crippen molar-refractivity contribution in [1.29, 1.82) is 0 Å². The number of piperazine rings is 1. The lowest BCUT2D eigenvalue weighted by molar-refractivity contribution is 0.247. The van der Waals surface area contributed by atoms with Crippen LogP contribution in [0.3, 0.4) is 0 Å². The first-order chi connectivity index (χ1) is 14.7. The number of phenols is 1. The van der Waals surface area contributed by atoms with Gasteiger partial charge < -0.3 is 19.5 Å². The van der Waals surface area contributed by atoms with E-state index in [0.29, 0.717) is 12.4 Å². The molecular weight excluding hydrogens is 398 g/mol. The second-order valence-corrected chi connectivity index (χ2v) is 8.05. The number of thiazole rings is 1. The summed E-state index contributed by atoms with van der Waals surface area (Å²) in [5.74, 6) is 1.83. The number of benzene rings is 2. The van der Waals surface area contributed by atoms with Crippen molar-refractivity contribution in [2.24, 2.45) is 0 Å². The molecular formula is C23H27N3O3S. The predicted molar refractivity (Wildman–Crippen MR) is 121 cm³/mol. The summed E-state index contributed by atoms with van der Waals surface area (Å²) in [6, 6.07) is 13.5. The van der Waals surface area contributed by atoms with Crippen molar-refractivity contribution >= 4 is 17.0 Å². The number of aromatic hydroxyl groups is 1. The molecule has 0 atom stereocenters. The Morgan fingerprint density at radius 2 is 1.87 bits per heavy atom. The molecule has 2 aromatic carbocycles. The third-order valence-corrected chi connectivity index (χ3v) is 6.18. The third kappa shape index (κ3) is 4.52. The lowest BCUT2D eigenvalue weighted by atomic mass is 10.2. The lowest BCUT2D eigenvalue weighted by Crippen LogP contribution is -2.46. The molecule has 0 bridgehead atoms. The Morgan fingerprint density at radius 1 is 1.07 bits per heavy atom. The SMILES string of the molecule is CCOc1ccc(-c2nc(CN3CCN(c4ccccc4O)CC3)cs2)cc1OC. The van der Waals surface area contributed by atoms with E-state index in [9.17, 15) is 5.11 Å². The van der Waals surface area contributed by atoms with Gasteiger partial charge in [-0.15, -0.1) is 11.3 Å². The Hall–Kier alpha value is -2.77. The van der Waals surface area contributed by atoms with E-state index in [1.807, 2.05) is 43.3 Å². The maximum atomic E-state index is 10.1. The van der Waals surface area contributed by atoms with Crippen LogP contribution in [0.15, 0.2) is 47.8 Å². The fraction of sp³-hybridized carbons (Fsp3) is 0.348. The molecule has 6 nitrogen and oxygen atoms in total. The lowest BCUT2D eigenvalue weighted by Gasteiger charge is -2.36. The molecule has 0 spiro atoms. The van der Waals surface area contributed by atoms with Crippen LogP contribution in [0.4, 0.5) is 5.69 Å². The van der Waals surface area contributed by atoms with Gasteiger partial charge in [-0.25, -0.2) is 4.98 Å². The summed E-state index contributed by atoms with van der Waals surface area (Å²) in [6.45, 7) is 7.07. The van der Waals surface area contributed by atoms with E-state index in [2.05, 4.69) is 15.2 Å². The topological polar surface area (TPSA) is 58.1 Å². The number of hydrogen-bond acceptors (Lipinski definition) is 7. The Kier molecular flexibility index (Phi) is 6.40. The number of aromatic nitrogens is 1. The van der Waals surface area contributed by atoms with Gasteiger partial charge in [0, 0.05) is 43.7 Å². The van der Waals surface area contributed by atoms with E-state index in [1.165, 1.54) is 0 Å². The van der Waals surface area contributed by atoms with Crippen LogP contribution in [-0.4, -0.2) is 54.9 Å². The van der Waals surface area contributed by atoms with Crippen molar-refractivity contribution in [2.75, 3.05) is 44.8 Å². The molecule has 1 saturated heterocycles. The number of methoxy groups -OCH3 is 1. The third-order valence-electron chi connectivity index (χ3n) is 5.24. The largest absolute Gasteiger partial charge is 0.506 e. The molecule has 0 unspecified atom stereocenters. The van der Waals surface area contributed by atoms with Crippen molar-refractivity contribution in [3.63, 3.8) is 0 Å². The smallest absolute Gasteiger partial charge is 0.161 e. The first-order valence-electron chi connectivity index (χ1n) is 10.2. The first-order valence-corrected chi connectivity index (χ1v) is 11.1. The van der Waals surface area contributed by atoms with E-state index in [1.54, 1.807) is 24.5 Å². The van der Waals surface area contributed by atoms with Crippen LogP contribution in [0.2, 0.25) is 0 Å². The average molecular weight is 426 g/mol. The summed E-state index contributed by atoms with van der Waals surface area (Å²) >= 11 is 1.65. The summed E-state index contributed by atoms with van der Waals surface area (Å²) in [5, 5.41) is 13.2. The van der Waals surface area contributed by atoms with Gasteiger partial charge in [-0.3, -0.25) is 4.90 Å². The second kappa shape index (κ2) is 9.36. The minimum atomic E-state index is 0.348. The molecule has 0 aliphatic carbocycles. The Labute approximate surface area is 181 Å². The van der Waals surface area contributed by atoms with E-state index >= 15 is 0 Å². The van der Waals surface area contributed by atoms with Crippen molar-refractivity contribution in [3.8, 4) is 27.8 Å². The van der Waals surface area contributed by atoms with Crippen LogP contribution in [0.25, 0.3) is 10.6 Å². The molecule has 0 saturated carbocycles. The molecule has 0 radical (unpaired) electrons. The first kappa shape index (κ1) is 20.5. The van der Waals surface area contributed by atoms with Gasteiger partial charge in [0.15, 0.2) is 11.5 Å².